The summed E-state index contributed by atoms with van der Waals surface area (Å²) in [4.78, 5) is 15.4. The van der Waals surface area contributed by atoms with Gasteiger partial charge in [-0.15, -0.1) is 0 Å². The third-order valence-electron chi connectivity index (χ3n) is 2.59. The Bertz CT molecular complexity index is 322. The van der Waals surface area contributed by atoms with Gasteiger partial charge < -0.3 is 4.98 Å². The minimum Gasteiger partial charge on any atom is -0.316 e. The Kier molecular flexibility index (Phi) is 2.05. The van der Waals surface area contributed by atoms with Crippen molar-refractivity contribution >= 4 is 11.3 Å². The SMILES string of the molecule is CCc1sc(=O)[nH]c1C1CCC1. The second-order valence-electron chi connectivity index (χ2n) is 3.33. The van der Waals surface area contributed by atoms with Gasteiger partial charge in [-0.3, -0.25) is 4.79 Å². The molecule has 66 valence electrons. The summed E-state index contributed by atoms with van der Waals surface area (Å²) < 4.78 is 0. The lowest BCUT2D eigenvalue weighted by Crippen LogP contribution is -2.12. The lowest BCUT2D eigenvalue weighted by atomic mass is 9.82. The molecule has 0 aromatic carbocycles. The first-order valence-electron chi connectivity index (χ1n) is 4.53. The Balaban J connectivity index is 2.33. The highest BCUT2D eigenvalue weighted by molar-refractivity contribution is 7.09. The van der Waals surface area contributed by atoms with Crippen molar-refractivity contribution in [2.45, 2.75) is 38.5 Å². The van der Waals surface area contributed by atoms with Gasteiger partial charge in [0, 0.05) is 16.5 Å². The summed E-state index contributed by atoms with van der Waals surface area (Å²) in [7, 11) is 0. The quantitative estimate of drug-likeness (QED) is 0.749. The normalized spacial score (nSPS) is 17.8. The highest BCUT2D eigenvalue weighted by Crippen LogP contribution is 2.37. The molecule has 0 amide bonds. The van der Waals surface area contributed by atoms with E-state index in [1.807, 2.05) is 0 Å². The molecule has 3 heteroatoms. The van der Waals surface area contributed by atoms with Gasteiger partial charge in [0.15, 0.2) is 0 Å². The van der Waals surface area contributed by atoms with Crippen LogP contribution in [0.25, 0.3) is 0 Å². The van der Waals surface area contributed by atoms with Crippen LogP contribution in [0.1, 0.15) is 42.7 Å². The van der Waals surface area contributed by atoms with Gasteiger partial charge in [0.1, 0.15) is 0 Å². The summed E-state index contributed by atoms with van der Waals surface area (Å²) in [6, 6.07) is 0. The van der Waals surface area contributed by atoms with Crippen LogP contribution in [-0.2, 0) is 6.42 Å². The van der Waals surface area contributed by atoms with E-state index in [1.54, 1.807) is 0 Å². The summed E-state index contributed by atoms with van der Waals surface area (Å²) in [6.07, 6.45) is 4.85. The number of aromatic nitrogens is 1. The number of H-pyrrole nitrogens is 1. The number of nitrogens with one attached hydrogen (secondary N) is 1. The summed E-state index contributed by atoms with van der Waals surface area (Å²) in [5.74, 6) is 0.666. The monoisotopic (exact) mass is 183 g/mol. The molecule has 1 aliphatic rings. The third kappa shape index (κ3) is 1.22. The molecule has 0 atom stereocenters. The first kappa shape index (κ1) is 8.05. The molecule has 2 rings (SSSR count). The second-order valence-corrected chi connectivity index (χ2v) is 4.40. The number of hydrogen-bond donors (Lipinski definition) is 1. The fourth-order valence-corrected chi connectivity index (χ4v) is 2.52. The van der Waals surface area contributed by atoms with Crippen LogP contribution in [0.3, 0.4) is 0 Å². The topological polar surface area (TPSA) is 32.9 Å². The van der Waals surface area contributed by atoms with Crippen LogP contribution in [0.15, 0.2) is 4.79 Å². The summed E-state index contributed by atoms with van der Waals surface area (Å²) in [5, 5.41) is 0. The van der Waals surface area contributed by atoms with E-state index in [4.69, 9.17) is 0 Å². The predicted molar refractivity (Wildman–Crippen MR) is 50.9 cm³/mol. The maximum absolute atomic E-state index is 11.1. The maximum atomic E-state index is 11.1. The van der Waals surface area contributed by atoms with Crippen molar-refractivity contribution in [1.82, 2.24) is 4.98 Å². The first-order chi connectivity index (χ1) is 5.81. The van der Waals surface area contributed by atoms with Gasteiger partial charge in [-0.05, 0) is 19.3 Å². The summed E-state index contributed by atoms with van der Waals surface area (Å²) >= 11 is 1.38. The predicted octanol–water partition coefficient (Wildman–Crippen LogP) is 2.27. The van der Waals surface area contributed by atoms with E-state index in [1.165, 1.54) is 41.2 Å². The molecule has 0 aliphatic heterocycles. The number of aryl methyl sites for hydroxylation is 1. The molecule has 0 bridgehead atoms. The number of rotatable bonds is 2. The van der Waals surface area contributed by atoms with Gasteiger partial charge in [-0.2, -0.15) is 0 Å². The minimum absolute atomic E-state index is 0.119. The van der Waals surface area contributed by atoms with Crippen LogP contribution < -0.4 is 4.87 Å². The highest BCUT2D eigenvalue weighted by Gasteiger charge is 2.23. The van der Waals surface area contributed by atoms with Crippen LogP contribution in [0.4, 0.5) is 0 Å². The van der Waals surface area contributed by atoms with E-state index >= 15 is 0 Å². The fourth-order valence-electron chi connectivity index (χ4n) is 1.66. The lowest BCUT2D eigenvalue weighted by Gasteiger charge is -2.24. The van der Waals surface area contributed by atoms with Crippen LogP contribution in [0, 0.1) is 0 Å². The van der Waals surface area contributed by atoms with Crippen molar-refractivity contribution in [1.29, 1.82) is 0 Å². The molecule has 0 saturated heterocycles. The van der Waals surface area contributed by atoms with E-state index in [9.17, 15) is 4.79 Å². The van der Waals surface area contributed by atoms with Gasteiger partial charge in [-0.1, -0.05) is 24.7 Å². The molecule has 1 heterocycles. The first-order valence-corrected chi connectivity index (χ1v) is 5.34. The Morgan fingerprint density at radius 1 is 1.58 bits per heavy atom. The molecular formula is C9H13NOS. The highest BCUT2D eigenvalue weighted by atomic mass is 32.1. The van der Waals surface area contributed by atoms with E-state index in [-0.39, 0.29) is 4.87 Å². The molecule has 1 aliphatic carbocycles. The van der Waals surface area contributed by atoms with Crippen molar-refractivity contribution in [2.75, 3.05) is 0 Å². The summed E-state index contributed by atoms with van der Waals surface area (Å²) in [6.45, 7) is 2.11. The Labute approximate surface area is 75.6 Å². The molecule has 1 aromatic heterocycles. The standard InChI is InChI=1S/C9H13NOS/c1-2-7-8(6-4-3-5-6)10-9(11)12-7/h6H,2-5H2,1H3,(H,10,11). The number of hydrogen-bond acceptors (Lipinski definition) is 2. The van der Waals surface area contributed by atoms with Gasteiger partial charge in [0.25, 0.3) is 0 Å². The van der Waals surface area contributed by atoms with Crippen molar-refractivity contribution in [3.05, 3.63) is 20.2 Å². The average Bonchev–Trinajstić information content (AvgIpc) is 2.27. The van der Waals surface area contributed by atoms with Crippen LogP contribution in [0.5, 0.6) is 0 Å². The number of aromatic amines is 1. The zero-order valence-electron chi connectivity index (χ0n) is 7.22. The van der Waals surface area contributed by atoms with Crippen molar-refractivity contribution in [3.63, 3.8) is 0 Å². The molecule has 0 unspecified atom stereocenters. The molecule has 2 nitrogen and oxygen atoms in total. The smallest absolute Gasteiger partial charge is 0.304 e. The number of thiazole rings is 1. The van der Waals surface area contributed by atoms with E-state index < -0.39 is 0 Å². The Morgan fingerprint density at radius 2 is 2.33 bits per heavy atom. The molecule has 1 fully saturated rings. The van der Waals surface area contributed by atoms with Crippen molar-refractivity contribution in [2.24, 2.45) is 0 Å². The Hall–Kier alpha value is -0.570. The minimum atomic E-state index is 0.119. The molecule has 1 saturated carbocycles. The molecular weight excluding hydrogens is 170 g/mol. The van der Waals surface area contributed by atoms with Crippen LogP contribution in [0.2, 0.25) is 0 Å². The zero-order valence-corrected chi connectivity index (χ0v) is 8.04. The Morgan fingerprint density at radius 3 is 2.83 bits per heavy atom. The molecule has 1 N–H and O–H groups in total. The van der Waals surface area contributed by atoms with E-state index in [2.05, 4.69) is 11.9 Å². The van der Waals surface area contributed by atoms with Crippen molar-refractivity contribution in [3.8, 4) is 0 Å². The lowest BCUT2D eigenvalue weighted by molar-refractivity contribution is 0.410. The second kappa shape index (κ2) is 3.05. The maximum Gasteiger partial charge on any atom is 0.304 e. The van der Waals surface area contributed by atoms with Crippen molar-refractivity contribution < 1.29 is 0 Å². The molecule has 1 aromatic rings. The van der Waals surface area contributed by atoms with Gasteiger partial charge in [0.05, 0.1) is 0 Å². The molecule has 12 heavy (non-hydrogen) atoms. The van der Waals surface area contributed by atoms with E-state index in [0.717, 1.165) is 6.42 Å². The molecule has 0 radical (unpaired) electrons. The average molecular weight is 183 g/mol. The molecule has 0 spiro atoms. The largest absolute Gasteiger partial charge is 0.316 e. The van der Waals surface area contributed by atoms with Crippen LogP contribution >= 0.6 is 11.3 Å². The van der Waals surface area contributed by atoms with Gasteiger partial charge in [0.2, 0.25) is 0 Å². The van der Waals surface area contributed by atoms with Crippen LogP contribution in [-0.4, -0.2) is 4.98 Å². The fraction of sp³-hybridized carbons (Fsp3) is 0.667. The van der Waals surface area contributed by atoms with E-state index in [0.29, 0.717) is 5.92 Å². The zero-order chi connectivity index (χ0) is 8.55. The third-order valence-corrected chi connectivity index (χ3v) is 3.63. The van der Waals surface area contributed by atoms with Gasteiger partial charge in [-0.25, -0.2) is 0 Å². The summed E-state index contributed by atoms with van der Waals surface area (Å²) in [5.41, 5.74) is 1.23. The van der Waals surface area contributed by atoms with Gasteiger partial charge >= 0.3 is 4.87 Å².